The Kier molecular flexibility index (Phi) is 9.02. The number of amidine groups is 1. The third-order valence-electron chi connectivity index (χ3n) is 7.58. The average molecular weight is 609 g/mol. The van der Waals surface area contributed by atoms with Crippen molar-refractivity contribution in [2.45, 2.75) is 44.7 Å². The van der Waals surface area contributed by atoms with Gasteiger partial charge < -0.3 is 31.0 Å². The summed E-state index contributed by atoms with van der Waals surface area (Å²) >= 11 is 6.28. The standard InChI is InChI=1S/C31H34ClFN6O4/c1-17-10-28(43-16-29(40)42-3)27(41-2)13-22(17)18-11-26-30(37-21-7-5-20(34)6-8-21)23(14-36-39(26)15-18)31(35)38-25-12-19(33)4-9-24(25)32/h4,9-15,20-21,37H,5-8,16,34H2,1-3H3,(H2,35,38)/t20-,21-. The van der Waals surface area contributed by atoms with Crippen molar-refractivity contribution in [3.05, 3.63) is 70.8 Å². The van der Waals surface area contributed by atoms with E-state index in [-0.39, 0.29) is 35.2 Å². The van der Waals surface area contributed by atoms with Crippen LogP contribution in [0.1, 0.15) is 36.8 Å². The van der Waals surface area contributed by atoms with Crippen molar-refractivity contribution in [2.75, 3.05) is 26.1 Å². The molecule has 1 aliphatic carbocycles. The highest BCUT2D eigenvalue weighted by atomic mass is 35.5. The minimum atomic E-state index is -0.494. The van der Waals surface area contributed by atoms with Crippen LogP contribution in [0.5, 0.6) is 11.5 Å². The van der Waals surface area contributed by atoms with Crippen LogP contribution in [0.3, 0.4) is 0 Å². The van der Waals surface area contributed by atoms with Crippen molar-refractivity contribution in [2.24, 2.45) is 16.5 Å². The van der Waals surface area contributed by atoms with Crippen LogP contribution in [0.2, 0.25) is 5.02 Å². The lowest BCUT2D eigenvalue weighted by Gasteiger charge is -2.28. The molecule has 0 saturated heterocycles. The Morgan fingerprint density at radius 2 is 1.93 bits per heavy atom. The van der Waals surface area contributed by atoms with Gasteiger partial charge in [0.1, 0.15) is 11.7 Å². The number of nitrogens with two attached hydrogens (primary N) is 2. The van der Waals surface area contributed by atoms with E-state index in [0.29, 0.717) is 17.1 Å². The molecule has 0 bridgehead atoms. The smallest absolute Gasteiger partial charge is 0.343 e. The molecule has 1 aliphatic rings. The molecule has 1 fully saturated rings. The molecule has 2 aromatic heterocycles. The first-order valence-electron chi connectivity index (χ1n) is 13.9. The number of carbonyl (C=O) groups excluding carboxylic acids is 1. The number of ether oxygens (including phenoxy) is 3. The zero-order chi connectivity index (χ0) is 30.7. The minimum Gasteiger partial charge on any atom is -0.493 e. The predicted octanol–water partition coefficient (Wildman–Crippen LogP) is 5.38. The van der Waals surface area contributed by atoms with Crippen LogP contribution < -0.4 is 26.3 Å². The molecule has 0 amide bonds. The van der Waals surface area contributed by atoms with E-state index in [4.69, 9.17) is 32.5 Å². The molecule has 12 heteroatoms. The second kappa shape index (κ2) is 12.9. The maximum Gasteiger partial charge on any atom is 0.343 e. The quantitative estimate of drug-likeness (QED) is 0.131. The summed E-state index contributed by atoms with van der Waals surface area (Å²) in [7, 11) is 2.84. The van der Waals surface area contributed by atoms with Gasteiger partial charge in [0.25, 0.3) is 0 Å². The SMILES string of the molecule is COC(=O)COc1cc(C)c(-c2cc3c(N[C@H]4CC[C@H](N)CC4)c(/C(N)=N/c4cc(F)ccc4Cl)cnn3c2)cc1OC. The first-order valence-corrected chi connectivity index (χ1v) is 14.3. The van der Waals surface area contributed by atoms with E-state index in [1.54, 1.807) is 10.7 Å². The zero-order valence-electron chi connectivity index (χ0n) is 24.2. The monoisotopic (exact) mass is 608 g/mol. The number of aromatic nitrogens is 2. The summed E-state index contributed by atoms with van der Waals surface area (Å²) in [5.41, 5.74) is 17.6. The number of halogens is 2. The van der Waals surface area contributed by atoms with E-state index in [1.165, 1.54) is 32.4 Å². The second-order valence-corrected chi connectivity index (χ2v) is 10.9. The van der Waals surface area contributed by atoms with Gasteiger partial charge in [-0.05, 0) is 74.1 Å². The van der Waals surface area contributed by atoms with Crippen molar-refractivity contribution in [3.8, 4) is 22.6 Å². The molecule has 0 atom stereocenters. The number of nitrogens with zero attached hydrogens (tertiary/aromatic N) is 3. The molecule has 2 aromatic carbocycles. The fourth-order valence-electron chi connectivity index (χ4n) is 5.22. The summed E-state index contributed by atoms with van der Waals surface area (Å²) in [6.07, 6.45) is 7.17. The molecule has 1 saturated carbocycles. The fraction of sp³-hybridized carbons (Fsp3) is 0.323. The van der Waals surface area contributed by atoms with Crippen molar-refractivity contribution in [1.29, 1.82) is 0 Å². The molecule has 0 unspecified atom stereocenters. The average Bonchev–Trinajstić information content (AvgIpc) is 3.43. The lowest BCUT2D eigenvalue weighted by molar-refractivity contribution is -0.142. The largest absolute Gasteiger partial charge is 0.493 e. The first-order chi connectivity index (χ1) is 20.7. The Bertz CT molecular complexity index is 1680. The maximum atomic E-state index is 14.0. The highest BCUT2D eigenvalue weighted by molar-refractivity contribution is 6.33. The number of anilines is 1. The number of hydrogen-bond acceptors (Lipinski definition) is 8. The summed E-state index contributed by atoms with van der Waals surface area (Å²) in [4.78, 5) is 16.1. The number of methoxy groups -OCH3 is 2. The molecule has 226 valence electrons. The minimum absolute atomic E-state index is 0.144. The lowest BCUT2D eigenvalue weighted by atomic mass is 9.91. The van der Waals surface area contributed by atoms with Crippen molar-refractivity contribution >= 4 is 40.3 Å². The van der Waals surface area contributed by atoms with E-state index in [0.717, 1.165) is 53.6 Å². The number of esters is 1. The third kappa shape index (κ3) is 6.68. The predicted molar refractivity (Wildman–Crippen MR) is 165 cm³/mol. The van der Waals surface area contributed by atoms with Crippen LogP contribution in [-0.2, 0) is 9.53 Å². The summed E-state index contributed by atoms with van der Waals surface area (Å²) < 4.78 is 31.6. The normalized spacial score (nSPS) is 17.1. The van der Waals surface area contributed by atoms with Crippen LogP contribution in [0, 0.1) is 12.7 Å². The van der Waals surface area contributed by atoms with Crippen molar-refractivity contribution in [1.82, 2.24) is 9.61 Å². The number of aryl methyl sites for hydroxylation is 1. The molecule has 10 nitrogen and oxygen atoms in total. The number of aliphatic imine (C=N–C) groups is 1. The molecule has 5 rings (SSSR count). The summed E-state index contributed by atoms with van der Waals surface area (Å²) in [6, 6.07) is 9.98. The molecule has 2 heterocycles. The van der Waals surface area contributed by atoms with Crippen LogP contribution >= 0.6 is 11.6 Å². The van der Waals surface area contributed by atoms with Gasteiger partial charge in [0.2, 0.25) is 0 Å². The van der Waals surface area contributed by atoms with E-state index < -0.39 is 11.8 Å². The second-order valence-electron chi connectivity index (χ2n) is 10.5. The van der Waals surface area contributed by atoms with Crippen molar-refractivity contribution in [3.63, 3.8) is 0 Å². The van der Waals surface area contributed by atoms with Gasteiger partial charge in [-0.25, -0.2) is 18.7 Å². The molecular weight excluding hydrogens is 575 g/mol. The van der Waals surface area contributed by atoms with E-state index in [2.05, 4.69) is 20.1 Å². The van der Waals surface area contributed by atoms with Crippen LogP contribution in [0.4, 0.5) is 15.8 Å². The Labute approximate surface area is 253 Å². The topological polar surface area (TPSA) is 138 Å². The van der Waals surface area contributed by atoms with E-state index in [1.807, 2.05) is 31.3 Å². The summed E-state index contributed by atoms with van der Waals surface area (Å²) in [5, 5.41) is 8.58. The van der Waals surface area contributed by atoms with Crippen LogP contribution in [0.25, 0.3) is 16.6 Å². The number of carbonyl (C=O) groups is 1. The first kappa shape index (κ1) is 30.1. The van der Waals surface area contributed by atoms with Crippen molar-refractivity contribution < 1.29 is 23.4 Å². The molecule has 0 aliphatic heterocycles. The number of nitrogens with one attached hydrogen (secondary N) is 1. The van der Waals surface area contributed by atoms with Gasteiger partial charge in [0.05, 0.1) is 47.9 Å². The number of hydrogen-bond donors (Lipinski definition) is 3. The van der Waals surface area contributed by atoms with Gasteiger partial charge in [0.15, 0.2) is 18.1 Å². The summed E-state index contributed by atoms with van der Waals surface area (Å²) in [6.45, 7) is 1.71. The number of fused-ring (bicyclic) bond motifs is 1. The van der Waals surface area contributed by atoms with Gasteiger partial charge in [0, 0.05) is 29.9 Å². The van der Waals surface area contributed by atoms with Crippen LogP contribution in [0.15, 0.2) is 53.8 Å². The fourth-order valence-corrected chi connectivity index (χ4v) is 5.38. The third-order valence-corrected chi connectivity index (χ3v) is 7.90. The van der Waals surface area contributed by atoms with Gasteiger partial charge in [-0.1, -0.05) is 11.6 Å². The molecule has 0 spiro atoms. The lowest BCUT2D eigenvalue weighted by Crippen LogP contribution is -2.33. The highest BCUT2D eigenvalue weighted by Gasteiger charge is 2.23. The Hall–Kier alpha value is -4.35. The molecule has 5 N–H and O–H groups in total. The highest BCUT2D eigenvalue weighted by Crippen LogP contribution is 2.38. The molecule has 4 aromatic rings. The zero-order valence-corrected chi connectivity index (χ0v) is 25.0. The van der Waals surface area contributed by atoms with Gasteiger partial charge in [-0.15, -0.1) is 0 Å². The van der Waals surface area contributed by atoms with Crippen LogP contribution in [-0.4, -0.2) is 54.3 Å². The van der Waals surface area contributed by atoms with E-state index >= 15 is 0 Å². The Morgan fingerprint density at radius 3 is 2.65 bits per heavy atom. The number of rotatable bonds is 9. The summed E-state index contributed by atoms with van der Waals surface area (Å²) in [5.74, 6) is 0.0759. The Morgan fingerprint density at radius 1 is 1.16 bits per heavy atom. The maximum absolute atomic E-state index is 14.0. The Balaban J connectivity index is 1.59. The molecule has 43 heavy (non-hydrogen) atoms. The van der Waals surface area contributed by atoms with Gasteiger partial charge in [-0.3, -0.25) is 0 Å². The van der Waals surface area contributed by atoms with Gasteiger partial charge in [-0.2, -0.15) is 5.10 Å². The number of benzene rings is 2. The molecule has 0 radical (unpaired) electrons. The van der Waals surface area contributed by atoms with E-state index in [9.17, 15) is 9.18 Å². The molecular formula is C31H34ClFN6O4. The van der Waals surface area contributed by atoms with Gasteiger partial charge >= 0.3 is 5.97 Å².